The number of fused-ring (bicyclic) bond motifs is 1. The predicted octanol–water partition coefficient (Wildman–Crippen LogP) is 0.218. The number of thioether (sulfide) groups is 3. The highest BCUT2D eigenvalue weighted by Crippen LogP contribution is 2.41. The van der Waals surface area contributed by atoms with Gasteiger partial charge in [0.25, 0.3) is 5.91 Å². The molecule has 0 aliphatic carbocycles. The lowest BCUT2D eigenvalue weighted by Crippen LogP contribution is -2.71. The summed E-state index contributed by atoms with van der Waals surface area (Å²) in [7, 11) is 0. The zero-order chi connectivity index (χ0) is 26.0. The highest BCUT2D eigenvalue weighted by molar-refractivity contribution is 8.01. The van der Waals surface area contributed by atoms with Crippen LogP contribution in [-0.4, -0.2) is 87.8 Å². The van der Waals surface area contributed by atoms with Crippen LogP contribution in [0.5, 0.6) is 5.75 Å². The van der Waals surface area contributed by atoms with E-state index in [0.717, 1.165) is 16.7 Å². The molecule has 190 valence electrons. The highest BCUT2D eigenvalue weighted by Gasteiger charge is 2.54. The van der Waals surface area contributed by atoms with Crippen molar-refractivity contribution in [2.75, 3.05) is 17.3 Å². The maximum atomic E-state index is 12.8. The molecule has 2 amide bonds. The average molecular weight is 553 g/mol. The third-order valence-electron chi connectivity index (χ3n) is 5.23. The summed E-state index contributed by atoms with van der Waals surface area (Å²) in [6.45, 7) is 0. The van der Waals surface area contributed by atoms with Gasteiger partial charge in [0.1, 0.15) is 28.9 Å². The van der Waals surface area contributed by atoms with Crippen molar-refractivity contribution in [3.63, 3.8) is 0 Å². The molecule has 2 aliphatic heterocycles. The monoisotopic (exact) mass is 552 g/mol. The Morgan fingerprint density at radius 2 is 1.97 bits per heavy atom. The minimum Gasteiger partial charge on any atom is -0.508 e. The Morgan fingerprint density at radius 3 is 2.64 bits per heavy atom. The number of aliphatic carboxylic acids is 2. The number of rotatable bonds is 10. The van der Waals surface area contributed by atoms with Crippen LogP contribution < -0.4 is 11.1 Å². The molecule has 1 aromatic heterocycles. The molecule has 3 atom stereocenters. The third kappa shape index (κ3) is 5.45. The second-order valence-electron chi connectivity index (χ2n) is 7.62. The minimum absolute atomic E-state index is 0.0255. The van der Waals surface area contributed by atoms with Crippen molar-refractivity contribution in [1.82, 2.24) is 25.4 Å². The Bertz CT molecular complexity index is 1230. The molecule has 2 unspecified atom stereocenters. The van der Waals surface area contributed by atoms with Crippen molar-refractivity contribution < 1.29 is 34.5 Å². The lowest BCUT2D eigenvalue weighted by atomic mass is 10.0. The van der Waals surface area contributed by atoms with E-state index >= 15 is 0 Å². The highest BCUT2D eigenvalue weighted by atomic mass is 32.2. The molecule has 13 nitrogen and oxygen atoms in total. The largest absolute Gasteiger partial charge is 0.508 e. The maximum Gasteiger partial charge on any atom is 0.352 e. The quantitative estimate of drug-likeness (QED) is 0.172. The number of β-lactam (4-membered cyclic amide) rings is 1. The van der Waals surface area contributed by atoms with Gasteiger partial charge in [-0.25, -0.2) is 4.79 Å². The van der Waals surface area contributed by atoms with Gasteiger partial charge in [0, 0.05) is 11.5 Å². The number of carbonyl (C=O) groups is 4. The van der Waals surface area contributed by atoms with Crippen molar-refractivity contribution in [3.8, 4) is 5.75 Å². The number of amides is 2. The standard InChI is InChI=1S/C20H20N6O7S3/c21-12(8-1-3-10(27)4-2-8)15(30)22-13-16(31)26-14(18(32)33)9(5-34-17(13)26)6-35-19-23-20(25-24-19)36-7-11(28)29/h1-4,12-13,17,27H,5-7,21H2,(H,22,30)(H,28,29)(H,32,33)(H,23,24,25)/t12?,13?,17-/m0/s1. The number of hydrogen-bond acceptors (Lipinski definition) is 11. The molecule has 1 aromatic carbocycles. The van der Waals surface area contributed by atoms with E-state index in [1.165, 1.54) is 47.8 Å². The second-order valence-corrected chi connectivity index (χ2v) is 10.6. The SMILES string of the molecule is NC(C(=O)NC1C(=O)N2C(C(=O)O)=C(CSc3nc(SCC(=O)O)n[nH]3)CS[C@@H]12)c1ccc(O)cc1. The minimum atomic E-state index is -1.26. The molecule has 3 heterocycles. The van der Waals surface area contributed by atoms with Crippen molar-refractivity contribution in [3.05, 3.63) is 41.1 Å². The normalized spacial score (nSPS) is 19.9. The van der Waals surface area contributed by atoms with Crippen LogP contribution in [-0.2, 0) is 19.2 Å². The van der Waals surface area contributed by atoms with Gasteiger partial charge in [0.2, 0.25) is 11.1 Å². The number of phenols is 1. The van der Waals surface area contributed by atoms with E-state index in [2.05, 4.69) is 20.5 Å². The molecule has 7 N–H and O–H groups in total. The summed E-state index contributed by atoms with van der Waals surface area (Å²) >= 11 is 3.45. The third-order valence-corrected chi connectivity index (χ3v) is 8.35. The number of phenolic OH excluding ortho intramolecular Hbond substituents is 1. The first kappa shape index (κ1) is 25.9. The van der Waals surface area contributed by atoms with Gasteiger partial charge in [-0.3, -0.25) is 24.4 Å². The molecular formula is C20H20N6O7S3. The number of carbonyl (C=O) groups excluding carboxylic acids is 2. The van der Waals surface area contributed by atoms with E-state index in [9.17, 15) is 29.4 Å². The van der Waals surface area contributed by atoms with Gasteiger partial charge >= 0.3 is 11.9 Å². The van der Waals surface area contributed by atoms with E-state index in [1.807, 2.05) is 0 Å². The smallest absolute Gasteiger partial charge is 0.352 e. The summed E-state index contributed by atoms with van der Waals surface area (Å²) in [5.74, 6) is -3.04. The maximum absolute atomic E-state index is 12.8. The van der Waals surface area contributed by atoms with E-state index in [4.69, 9.17) is 10.8 Å². The van der Waals surface area contributed by atoms with Crippen LogP contribution in [0.15, 0.2) is 45.8 Å². The molecule has 2 aromatic rings. The van der Waals surface area contributed by atoms with Crippen molar-refractivity contribution in [1.29, 1.82) is 0 Å². The fourth-order valence-electron chi connectivity index (χ4n) is 3.51. The van der Waals surface area contributed by atoms with Crippen LogP contribution in [0.3, 0.4) is 0 Å². The first-order chi connectivity index (χ1) is 17.2. The molecule has 0 bridgehead atoms. The van der Waals surface area contributed by atoms with Gasteiger partial charge in [-0.05, 0) is 23.3 Å². The van der Waals surface area contributed by atoms with Crippen molar-refractivity contribution >= 4 is 59.0 Å². The number of aromatic nitrogens is 3. The fourth-order valence-corrected chi connectivity index (χ4v) is 6.38. The number of nitrogens with two attached hydrogens (primary N) is 1. The van der Waals surface area contributed by atoms with Gasteiger partial charge in [-0.15, -0.1) is 16.9 Å². The number of nitrogens with one attached hydrogen (secondary N) is 2. The first-order valence-electron chi connectivity index (χ1n) is 10.3. The number of carboxylic acid groups (broad SMARTS) is 2. The number of nitrogens with zero attached hydrogens (tertiary/aromatic N) is 3. The van der Waals surface area contributed by atoms with E-state index in [0.29, 0.717) is 22.0 Å². The summed E-state index contributed by atoms with van der Waals surface area (Å²) in [5.41, 5.74) is 6.80. The molecule has 1 fully saturated rings. The summed E-state index contributed by atoms with van der Waals surface area (Å²) < 4.78 is 0. The summed E-state index contributed by atoms with van der Waals surface area (Å²) in [5, 5.41) is 37.2. The van der Waals surface area contributed by atoms with Gasteiger partial charge in [-0.2, -0.15) is 4.98 Å². The summed E-state index contributed by atoms with van der Waals surface area (Å²) in [6, 6.07) is 3.81. The summed E-state index contributed by atoms with van der Waals surface area (Å²) in [4.78, 5) is 53.5. The van der Waals surface area contributed by atoms with Crippen molar-refractivity contribution in [2.24, 2.45) is 5.73 Å². The van der Waals surface area contributed by atoms with E-state index in [-0.39, 0.29) is 28.1 Å². The first-order valence-corrected chi connectivity index (χ1v) is 13.3. The Labute approximate surface area is 216 Å². The molecule has 0 radical (unpaired) electrons. The van der Waals surface area contributed by atoms with Gasteiger partial charge in [0.05, 0.1) is 5.75 Å². The molecule has 0 saturated carbocycles. The van der Waals surface area contributed by atoms with Gasteiger partial charge < -0.3 is 26.4 Å². The van der Waals surface area contributed by atoms with Crippen LogP contribution in [0.4, 0.5) is 0 Å². The number of carboxylic acids is 2. The number of benzene rings is 1. The molecule has 16 heteroatoms. The predicted molar refractivity (Wildman–Crippen MR) is 130 cm³/mol. The molecule has 2 aliphatic rings. The van der Waals surface area contributed by atoms with Gasteiger partial charge in [-0.1, -0.05) is 35.7 Å². The van der Waals surface area contributed by atoms with E-state index in [1.54, 1.807) is 0 Å². The zero-order valence-corrected chi connectivity index (χ0v) is 20.7. The molecular weight excluding hydrogens is 532 g/mol. The molecule has 0 spiro atoms. The number of aromatic hydroxyl groups is 1. The van der Waals surface area contributed by atoms with Crippen LogP contribution in [0.2, 0.25) is 0 Å². The van der Waals surface area contributed by atoms with Crippen LogP contribution in [0.25, 0.3) is 0 Å². The Hall–Kier alpha value is -3.21. The molecule has 36 heavy (non-hydrogen) atoms. The number of hydrogen-bond donors (Lipinski definition) is 6. The van der Waals surface area contributed by atoms with Crippen molar-refractivity contribution in [2.45, 2.75) is 27.8 Å². The van der Waals surface area contributed by atoms with Crippen LogP contribution >= 0.6 is 35.3 Å². The van der Waals surface area contributed by atoms with Gasteiger partial charge in [0.15, 0.2) is 5.16 Å². The molecule has 1 saturated heterocycles. The fraction of sp³-hybridized carbons (Fsp3) is 0.300. The van der Waals surface area contributed by atoms with E-state index < -0.39 is 41.2 Å². The Kier molecular flexibility index (Phi) is 7.77. The average Bonchev–Trinajstić information content (AvgIpc) is 3.31. The second kappa shape index (κ2) is 10.8. The Balaban J connectivity index is 1.40. The summed E-state index contributed by atoms with van der Waals surface area (Å²) in [6.07, 6.45) is 0. The molecule has 4 rings (SSSR count). The van der Waals surface area contributed by atoms with Crippen LogP contribution in [0.1, 0.15) is 11.6 Å². The zero-order valence-electron chi connectivity index (χ0n) is 18.3. The lowest BCUT2D eigenvalue weighted by Gasteiger charge is -2.49. The Morgan fingerprint density at radius 1 is 1.25 bits per heavy atom. The number of H-pyrrole nitrogens is 1. The lowest BCUT2D eigenvalue weighted by molar-refractivity contribution is -0.150. The number of aromatic amines is 1. The topological polar surface area (TPSA) is 212 Å². The van der Waals surface area contributed by atoms with Crippen LogP contribution in [0, 0.1) is 0 Å².